The van der Waals surface area contributed by atoms with Gasteiger partial charge < -0.3 is 10.1 Å². The number of halogens is 1. The number of aromatic nitrogens is 1. The molecule has 1 aromatic rings. The van der Waals surface area contributed by atoms with Crippen LogP contribution in [0, 0.1) is 0 Å². The zero-order valence-corrected chi connectivity index (χ0v) is 11.0. The Morgan fingerprint density at radius 3 is 3.00 bits per heavy atom. The molecule has 5 heteroatoms. The topological polar surface area (TPSA) is 51.2 Å². The van der Waals surface area contributed by atoms with Crippen LogP contribution in [-0.4, -0.2) is 22.3 Å². The van der Waals surface area contributed by atoms with Crippen LogP contribution in [0.2, 0.25) is 0 Å². The van der Waals surface area contributed by atoms with Gasteiger partial charge in [-0.2, -0.15) is 0 Å². The van der Waals surface area contributed by atoms with E-state index < -0.39 is 0 Å². The third-order valence-corrected chi connectivity index (χ3v) is 3.02. The highest BCUT2D eigenvalue weighted by molar-refractivity contribution is 9.10. The van der Waals surface area contributed by atoms with Gasteiger partial charge in [0.15, 0.2) is 0 Å². The Hall–Kier alpha value is -1.10. The van der Waals surface area contributed by atoms with E-state index in [2.05, 4.69) is 26.2 Å². The fourth-order valence-corrected chi connectivity index (χ4v) is 1.25. The zero-order valence-electron chi connectivity index (χ0n) is 9.37. The maximum atomic E-state index is 11.7. The molecule has 0 radical (unpaired) electrons. The predicted octanol–water partition coefficient (Wildman–Crippen LogP) is 2.59. The van der Waals surface area contributed by atoms with Crippen molar-refractivity contribution in [2.24, 2.45) is 0 Å². The van der Waals surface area contributed by atoms with Crippen molar-refractivity contribution in [3.8, 4) is 5.88 Å². The highest BCUT2D eigenvalue weighted by Gasteiger charge is 2.14. The van der Waals surface area contributed by atoms with Gasteiger partial charge in [0, 0.05) is 6.20 Å². The van der Waals surface area contributed by atoms with Crippen LogP contribution < -0.4 is 10.1 Å². The molecule has 1 aromatic heterocycles. The Balaban J connectivity index is 2.76. The van der Waals surface area contributed by atoms with Crippen LogP contribution in [0.3, 0.4) is 0 Å². The molecule has 0 saturated carbocycles. The molecule has 0 fully saturated rings. The van der Waals surface area contributed by atoms with Gasteiger partial charge in [-0.15, -0.1) is 0 Å². The Kier molecular flexibility index (Phi) is 5.25. The molecule has 0 aliphatic rings. The summed E-state index contributed by atoms with van der Waals surface area (Å²) >= 11 is 3.29. The molecule has 1 N–H and O–H groups in total. The molecule has 16 heavy (non-hydrogen) atoms. The van der Waals surface area contributed by atoms with Gasteiger partial charge in [-0.05, 0) is 25.5 Å². The van der Waals surface area contributed by atoms with E-state index >= 15 is 0 Å². The molecule has 1 atom stereocenters. The van der Waals surface area contributed by atoms with E-state index in [1.807, 2.05) is 13.8 Å². The Labute approximate surface area is 104 Å². The quantitative estimate of drug-likeness (QED) is 0.847. The van der Waals surface area contributed by atoms with Crippen molar-refractivity contribution in [3.63, 3.8) is 0 Å². The van der Waals surface area contributed by atoms with Gasteiger partial charge in [0.2, 0.25) is 11.8 Å². The minimum Gasteiger partial charge on any atom is -0.476 e. The molecule has 0 aliphatic carbocycles. The first-order valence-electron chi connectivity index (χ1n) is 5.21. The van der Waals surface area contributed by atoms with E-state index in [0.717, 1.165) is 6.42 Å². The van der Waals surface area contributed by atoms with Crippen molar-refractivity contribution in [1.29, 1.82) is 0 Å². The minimum absolute atomic E-state index is 0.0866. The molecule has 0 bridgehead atoms. The number of amides is 1. The van der Waals surface area contributed by atoms with Crippen LogP contribution in [0.15, 0.2) is 18.3 Å². The maximum Gasteiger partial charge on any atom is 0.238 e. The summed E-state index contributed by atoms with van der Waals surface area (Å²) in [5, 5.41) is 2.77. The second-order valence-corrected chi connectivity index (χ2v) is 4.26. The number of hydrogen-bond acceptors (Lipinski definition) is 3. The number of nitrogens with zero attached hydrogens (tertiary/aromatic N) is 1. The molecule has 1 amide bonds. The summed E-state index contributed by atoms with van der Waals surface area (Å²) in [5.74, 6) is 0.366. The smallest absolute Gasteiger partial charge is 0.238 e. The number of pyridine rings is 1. The number of nitrogens with one attached hydrogen (secondary N) is 1. The predicted molar refractivity (Wildman–Crippen MR) is 67.0 cm³/mol. The molecular weight excluding hydrogens is 272 g/mol. The van der Waals surface area contributed by atoms with Crippen molar-refractivity contribution >= 4 is 27.5 Å². The Bertz CT molecular complexity index is 358. The molecule has 0 spiro atoms. The third-order valence-electron chi connectivity index (χ3n) is 1.95. The highest BCUT2D eigenvalue weighted by atomic mass is 79.9. The van der Waals surface area contributed by atoms with E-state index in [4.69, 9.17) is 4.74 Å². The first-order valence-corrected chi connectivity index (χ1v) is 6.13. The molecule has 1 heterocycles. The second-order valence-electron chi connectivity index (χ2n) is 3.15. The lowest BCUT2D eigenvalue weighted by Crippen LogP contribution is -2.22. The average molecular weight is 287 g/mol. The van der Waals surface area contributed by atoms with Gasteiger partial charge >= 0.3 is 0 Å². The molecule has 0 aliphatic heterocycles. The van der Waals surface area contributed by atoms with Crippen LogP contribution >= 0.6 is 15.9 Å². The normalized spacial score (nSPS) is 11.9. The number of rotatable bonds is 5. The van der Waals surface area contributed by atoms with Crippen molar-refractivity contribution in [3.05, 3.63) is 18.3 Å². The van der Waals surface area contributed by atoms with Crippen molar-refractivity contribution < 1.29 is 9.53 Å². The molecule has 4 nitrogen and oxygen atoms in total. The number of ether oxygens (including phenoxy) is 1. The van der Waals surface area contributed by atoms with E-state index in [1.165, 1.54) is 0 Å². The average Bonchev–Trinajstić information content (AvgIpc) is 2.31. The summed E-state index contributed by atoms with van der Waals surface area (Å²) in [6, 6.07) is 3.53. The summed E-state index contributed by atoms with van der Waals surface area (Å²) in [4.78, 5) is 15.5. The van der Waals surface area contributed by atoms with Crippen LogP contribution in [0.1, 0.15) is 20.3 Å². The fourth-order valence-electron chi connectivity index (χ4n) is 1.13. The first-order chi connectivity index (χ1) is 7.69. The van der Waals surface area contributed by atoms with Gasteiger partial charge in [0.1, 0.15) is 5.69 Å². The van der Waals surface area contributed by atoms with E-state index in [-0.39, 0.29) is 10.7 Å². The minimum atomic E-state index is -0.192. The first kappa shape index (κ1) is 13.0. The van der Waals surface area contributed by atoms with Crippen LogP contribution in [0.25, 0.3) is 0 Å². The monoisotopic (exact) mass is 286 g/mol. The standard InChI is InChI=1S/C11H15BrN2O2/c1-3-8(12)10(15)14-9-6-5-7-13-11(9)16-4-2/h5-8H,3-4H2,1-2H3,(H,14,15). The van der Waals surface area contributed by atoms with Crippen LogP contribution in [-0.2, 0) is 4.79 Å². The van der Waals surface area contributed by atoms with Crippen molar-refractivity contribution in [2.45, 2.75) is 25.1 Å². The summed E-state index contributed by atoms with van der Waals surface area (Å²) < 4.78 is 5.31. The van der Waals surface area contributed by atoms with E-state index in [1.54, 1.807) is 18.3 Å². The molecular formula is C11H15BrN2O2. The highest BCUT2D eigenvalue weighted by Crippen LogP contribution is 2.21. The maximum absolute atomic E-state index is 11.7. The van der Waals surface area contributed by atoms with Crippen molar-refractivity contribution in [1.82, 2.24) is 4.98 Å². The lowest BCUT2D eigenvalue weighted by atomic mass is 10.3. The lowest BCUT2D eigenvalue weighted by Gasteiger charge is -2.11. The van der Waals surface area contributed by atoms with E-state index in [9.17, 15) is 4.79 Å². The summed E-state index contributed by atoms with van der Waals surface area (Å²) in [6.45, 7) is 4.33. The third kappa shape index (κ3) is 3.48. The second kappa shape index (κ2) is 6.48. The van der Waals surface area contributed by atoms with Crippen LogP contribution in [0.5, 0.6) is 5.88 Å². The summed E-state index contributed by atoms with van der Waals surface area (Å²) in [6.07, 6.45) is 2.36. The number of alkyl halides is 1. The Morgan fingerprint density at radius 2 is 2.38 bits per heavy atom. The van der Waals surface area contributed by atoms with Crippen LogP contribution in [0.4, 0.5) is 5.69 Å². The number of carbonyl (C=O) groups excluding carboxylic acids is 1. The van der Waals surface area contributed by atoms with Gasteiger partial charge in [0.05, 0.1) is 11.4 Å². The molecule has 1 rings (SSSR count). The zero-order chi connectivity index (χ0) is 12.0. The fraction of sp³-hybridized carbons (Fsp3) is 0.455. The van der Waals surface area contributed by atoms with Gasteiger partial charge in [0.25, 0.3) is 0 Å². The van der Waals surface area contributed by atoms with E-state index in [0.29, 0.717) is 18.2 Å². The van der Waals surface area contributed by atoms with Gasteiger partial charge in [-0.25, -0.2) is 4.98 Å². The summed E-state index contributed by atoms with van der Waals surface area (Å²) in [7, 11) is 0. The Morgan fingerprint density at radius 1 is 1.62 bits per heavy atom. The number of hydrogen-bond donors (Lipinski definition) is 1. The molecule has 1 unspecified atom stereocenters. The largest absolute Gasteiger partial charge is 0.476 e. The van der Waals surface area contributed by atoms with Crippen molar-refractivity contribution in [2.75, 3.05) is 11.9 Å². The van der Waals surface area contributed by atoms with Gasteiger partial charge in [-0.3, -0.25) is 4.79 Å². The molecule has 88 valence electrons. The lowest BCUT2D eigenvalue weighted by molar-refractivity contribution is -0.115. The van der Waals surface area contributed by atoms with Gasteiger partial charge in [-0.1, -0.05) is 22.9 Å². The molecule has 0 aromatic carbocycles. The number of anilines is 1. The number of carbonyl (C=O) groups is 1. The SMILES string of the molecule is CCOc1ncccc1NC(=O)C(Br)CC. The summed E-state index contributed by atoms with van der Waals surface area (Å²) in [5.41, 5.74) is 0.604. The molecule has 0 saturated heterocycles.